The Morgan fingerprint density at radius 2 is 1.80 bits per heavy atom. The van der Waals surface area contributed by atoms with Crippen LogP contribution in [0.3, 0.4) is 0 Å². The van der Waals surface area contributed by atoms with Crippen LogP contribution in [0, 0.1) is 13.8 Å². The Bertz CT molecular complexity index is 915. The number of aromatic amines is 1. The van der Waals surface area contributed by atoms with Crippen molar-refractivity contribution in [3.8, 4) is 0 Å². The van der Waals surface area contributed by atoms with Crippen LogP contribution in [0.15, 0.2) is 35.3 Å². The van der Waals surface area contributed by atoms with Crippen LogP contribution in [0.5, 0.6) is 0 Å². The van der Waals surface area contributed by atoms with Crippen LogP contribution in [0.1, 0.15) is 16.7 Å². The van der Waals surface area contributed by atoms with Crippen molar-refractivity contribution in [1.29, 1.82) is 0 Å². The summed E-state index contributed by atoms with van der Waals surface area (Å²) in [4.78, 5) is 13.7. The van der Waals surface area contributed by atoms with E-state index < -0.39 is 10.0 Å². The summed E-state index contributed by atoms with van der Waals surface area (Å²) in [7, 11) is -3.36. The van der Waals surface area contributed by atoms with E-state index in [9.17, 15) is 13.2 Å². The maximum absolute atomic E-state index is 12.7. The molecule has 1 aliphatic rings. The average Bonchev–Trinajstić information content (AvgIpc) is 2.59. The van der Waals surface area contributed by atoms with E-state index in [1.807, 2.05) is 36.1 Å². The van der Waals surface area contributed by atoms with Gasteiger partial charge in [0.25, 0.3) is 5.56 Å². The van der Waals surface area contributed by atoms with E-state index in [1.54, 1.807) is 13.1 Å². The summed E-state index contributed by atoms with van der Waals surface area (Å²) in [5.74, 6) is 0.0191. The van der Waals surface area contributed by atoms with E-state index in [4.69, 9.17) is 0 Å². The molecule has 3 rings (SSSR count). The van der Waals surface area contributed by atoms with Crippen molar-refractivity contribution in [1.82, 2.24) is 14.5 Å². The second kappa shape index (κ2) is 6.97. The molecule has 2 heterocycles. The molecule has 1 fully saturated rings. The third-order valence-corrected chi connectivity index (χ3v) is 6.48. The fourth-order valence-corrected chi connectivity index (χ4v) is 4.65. The van der Waals surface area contributed by atoms with Crippen LogP contribution in [-0.2, 0) is 15.8 Å². The molecule has 0 radical (unpaired) electrons. The van der Waals surface area contributed by atoms with Gasteiger partial charge in [-0.3, -0.25) is 4.79 Å². The van der Waals surface area contributed by atoms with Crippen LogP contribution in [-0.4, -0.2) is 49.1 Å². The maximum Gasteiger partial charge on any atom is 0.269 e. The Balaban J connectivity index is 1.70. The van der Waals surface area contributed by atoms with Gasteiger partial charge in [0.15, 0.2) is 0 Å². The highest BCUT2D eigenvalue weighted by Gasteiger charge is 2.28. The van der Waals surface area contributed by atoms with Gasteiger partial charge in [0, 0.05) is 31.7 Å². The lowest BCUT2D eigenvalue weighted by molar-refractivity contribution is 0.384. The summed E-state index contributed by atoms with van der Waals surface area (Å²) < 4.78 is 27.0. The molecule has 0 unspecified atom stereocenters. The lowest BCUT2D eigenvalue weighted by Gasteiger charge is -2.35. The van der Waals surface area contributed by atoms with Crippen molar-refractivity contribution < 1.29 is 8.42 Å². The molecule has 0 amide bonds. The van der Waals surface area contributed by atoms with E-state index in [2.05, 4.69) is 10.2 Å². The predicted molar refractivity (Wildman–Crippen MR) is 97.2 cm³/mol. The predicted octanol–water partition coefficient (Wildman–Crippen LogP) is 1.04. The highest BCUT2D eigenvalue weighted by Crippen LogP contribution is 2.20. The van der Waals surface area contributed by atoms with E-state index >= 15 is 0 Å². The fourth-order valence-electron chi connectivity index (χ4n) is 3.03. The smallest absolute Gasteiger partial charge is 0.269 e. The van der Waals surface area contributed by atoms with Gasteiger partial charge in [-0.2, -0.15) is 9.40 Å². The van der Waals surface area contributed by atoms with Gasteiger partial charge in [-0.05, 0) is 25.0 Å². The summed E-state index contributed by atoms with van der Waals surface area (Å²) in [6, 6.07) is 7.54. The lowest BCUT2D eigenvalue weighted by Crippen LogP contribution is -2.49. The van der Waals surface area contributed by atoms with Crippen LogP contribution in [0.25, 0.3) is 0 Å². The molecular formula is C17H22N4O3S. The highest BCUT2D eigenvalue weighted by molar-refractivity contribution is 7.88. The molecule has 1 saturated heterocycles. The third kappa shape index (κ3) is 3.74. The van der Waals surface area contributed by atoms with Crippen molar-refractivity contribution in [2.45, 2.75) is 19.6 Å². The van der Waals surface area contributed by atoms with Gasteiger partial charge in [-0.1, -0.05) is 24.3 Å². The minimum absolute atomic E-state index is 0.0191. The van der Waals surface area contributed by atoms with Gasteiger partial charge in [-0.25, -0.2) is 13.5 Å². The lowest BCUT2D eigenvalue weighted by atomic mass is 10.1. The summed E-state index contributed by atoms with van der Waals surface area (Å²) in [6.45, 7) is 5.56. The molecule has 134 valence electrons. The number of nitrogens with one attached hydrogen (secondary N) is 1. The molecule has 1 aromatic heterocycles. The van der Waals surface area contributed by atoms with Gasteiger partial charge in [0.05, 0.1) is 17.6 Å². The number of aromatic nitrogens is 2. The number of anilines is 1. The molecule has 0 aliphatic carbocycles. The minimum Gasteiger partial charge on any atom is -0.367 e. The number of benzene rings is 1. The average molecular weight is 362 g/mol. The molecule has 0 atom stereocenters. The second-order valence-electron chi connectivity index (χ2n) is 6.28. The summed E-state index contributed by atoms with van der Waals surface area (Å²) in [5, 5.41) is 6.25. The van der Waals surface area contributed by atoms with Crippen molar-refractivity contribution in [2.75, 3.05) is 31.1 Å². The Hall–Kier alpha value is -2.19. The topological polar surface area (TPSA) is 86.4 Å². The second-order valence-corrected chi connectivity index (χ2v) is 8.25. The molecule has 1 aliphatic heterocycles. The van der Waals surface area contributed by atoms with E-state index in [0.717, 1.165) is 16.8 Å². The monoisotopic (exact) mass is 362 g/mol. The zero-order valence-corrected chi connectivity index (χ0v) is 15.2. The number of aryl methyl sites for hydroxylation is 1. The Kier molecular flexibility index (Phi) is 4.91. The number of hydrogen-bond acceptors (Lipinski definition) is 5. The molecule has 8 heteroatoms. The zero-order chi connectivity index (χ0) is 18.0. The largest absolute Gasteiger partial charge is 0.367 e. The maximum atomic E-state index is 12.7. The van der Waals surface area contributed by atoms with Crippen LogP contribution in [0.4, 0.5) is 5.69 Å². The number of rotatable bonds is 4. The van der Waals surface area contributed by atoms with Crippen molar-refractivity contribution in [3.05, 3.63) is 57.5 Å². The van der Waals surface area contributed by atoms with Crippen LogP contribution >= 0.6 is 0 Å². The summed E-state index contributed by atoms with van der Waals surface area (Å²) in [6.07, 6.45) is 1.62. The minimum atomic E-state index is -3.36. The van der Waals surface area contributed by atoms with Crippen molar-refractivity contribution in [2.24, 2.45) is 0 Å². The third-order valence-electron chi connectivity index (χ3n) is 4.65. The summed E-state index contributed by atoms with van der Waals surface area (Å²) in [5.41, 5.74) is 2.97. The molecule has 7 nitrogen and oxygen atoms in total. The van der Waals surface area contributed by atoms with Gasteiger partial charge in [0.2, 0.25) is 10.0 Å². The van der Waals surface area contributed by atoms with Crippen LogP contribution < -0.4 is 10.5 Å². The Morgan fingerprint density at radius 1 is 1.12 bits per heavy atom. The first kappa shape index (κ1) is 17.6. The molecule has 1 aromatic carbocycles. The molecule has 1 N–H and O–H groups in total. The Labute approximate surface area is 147 Å². The first-order valence-corrected chi connectivity index (χ1v) is 9.81. The quantitative estimate of drug-likeness (QED) is 0.878. The zero-order valence-electron chi connectivity index (χ0n) is 14.4. The molecule has 0 bridgehead atoms. The van der Waals surface area contributed by atoms with Gasteiger partial charge >= 0.3 is 0 Å². The molecular weight excluding hydrogens is 340 g/mol. The Morgan fingerprint density at radius 3 is 2.48 bits per heavy atom. The first-order chi connectivity index (χ1) is 11.9. The van der Waals surface area contributed by atoms with Gasteiger partial charge in [0.1, 0.15) is 0 Å². The highest BCUT2D eigenvalue weighted by atomic mass is 32.2. The van der Waals surface area contributed by atoms with E-state index in [1.165, 1.54) is 4.31 Å². The number of nitrogens with zero attached hydrogens (tertiary/aromatic N) is 3. The van der Waals surface area contributed by atoms with E-state index in [0.29, 0.717) is 31.7 Å². The number of sulfonamides is 1. The summed E-state index contributed by atoms with van der Waals surface area (Å²) >= 11 is 0. The number of H-pyrrole nitrogens is 1. The van der Waals surface area contributed by atoms with Crippen molar-refractivity contribution in [3.63, 3.8) is 0 Å². The van der Waals surface area contributed by atoms with Crippen molar-refractivity contribution >= 4 is 15.7 Å². The number of piperazine rings is 1. The van der Waals surface area contributed by atoms with Gasteiger partial charge in [-0.15, -0.1) is 0 Å². The standard InChI is InChI=1S/C17H22N4O3S/c1-13-5-3-4-6-15(13)12-25(23,24)21-9-7-20(8-10-21)16-11-18-19-17(22)14(16)2/h3-6,11H,7-10,12H2,1-2H3,(H,19,22). The molecule has 0 saturated carbocycles. The first-order valence-electron chi connectivity index (χ1n) is 8.20. The van der Waals surface area contributed by atoms with Crippen LogP contribution in [0.2, 0.25) is 0 Å². The molecule has 0 spiro atoms. The normalized spacial score (nSPS) is 16.2. The fraction of sp³-hybridized carbons (Fsp3) is 0.412. The molecule has 2 aromatic rings. The number of hydrogen-bond donors (Lipinski definition) is 1. The van der Waals surface area contributed by atoms with E-state index in [-0.39, 0.29) is 11.3 Å². The SMILES string of the molecule is Cc1ccccc1CS(=O)(=O)N1CCN(c2cn[nH]c(=O)c2C)CC1. The molecule has 25 heavy (non-hydrogen) atoms. The van der Waals surface area contributed by atoms with Gasteiger partial charge < -0.3 is 4.90 Å².